The Hall–Kier alpha value is -1.08. The molecule has 0 spiro atoms. The van der Waals surface area contributed by atoms with Gasteiger partial charge in [0.2, 0.25) is 0 Å². The van der Waals surface area contributed by atoms with Gasteiger partial charge in [0.15, 0.2) is 0 Å². The summed E-state index contributed by atoms with van der Waals surface area (Å²) in [5.74, 6) is 7.74. The predicted molar refractivity (Wildman–Crippen MR) is 50.9 cm³/mol. The largest absolute Gasteiger partial charge is 0.461 e. The Morgan fingerprint density at radius 2 is 1.75 bits per heavy atom. The first kappa shape index (κ1) is 10.9. The highest BCUT2D eigenvalue weighted by Crippen LogP contribution is 2.03. The first-order valence-corrected chi connectivity index (χ1v) is 4.53. The van der Waals surface area contributed by atoms with Crippen molar-refractivity contribution in [3.8, 4) is 23.9 Å². The molecule has 0 saturated heterocycles. The van der Waals surface area contributed by atoms with Gasteiger partial charge in [0.1, 0.15) is 6.11 Å². The van der Waals surface area contributed by atoms with Gasteiger partial charge >= 0.3 is 0 Å². The molecule has 0 aliphatic rings. The highest BCUT2D eigenvalue weighted by Gasteiger charge is 1.85. The number of aliphatic hydroxyl groups is 1. The molecule has 1 nitrogen and oxygen atoms in total. The molecule has 0 rings (SSSR count). The average Bonchev–Trinajstić information content (AvgIpc) is 2.10. The van der Waals surface area contributed by atoms with Gasteiger partial charge in [0.25, 0.3) is 0 Å². The minimum Gasteiger partial charge on any atom is -0.461 e. The summed E-state index contributed by atoms with van der Waals surface area (Å²) in [6, 6.07) is 0. The average molecular weight is 164 g/mol. The first-order valence-electron chi connectivity index (χ1n) is 4.53. The smallest absolute Gasteiger partial charge is 0.122 e. The lowest BCUT2D eigenvalue weighted by Crippen LogP contribution is -1.75. The van der Waals surface area contributed by atoms with Gasteiger partial charge in [-0.05, 0) is 12.3 Å². The normalized spacial score (nSPS) is 7.75. The van der Waals surface area contributed by atoms with Crippen LogP contribution in [0.3, 0.4) is 0 Å². The van der Waals surface area contributed by atoms with Gasteiger partial charge < -0.3 is 5.11 Å². The molecule has 0 amide bonds. The van der Waals surface area contributed by atoms with E-state index in [-0.39, 0.29) is 0 Å². The van der Waals surface area contributed by atoms with Crippen LogP contribution in [0.25, 0.3) is 0 Å². The Labute approximate surface area is 75.2 Å². The van der Waals surface area contributed by atoms with Crippen molar-refractivity contribution in [1.82, 2.24) is 0 Å². The van der Waals surface area contributed by atoms with Gasteiger partial charge in [0, 0.05) is 12.3 Å². The van der Waals surface area contributed by atoms with E-state index in [9.17, 15) is 0 Å². The molecule has 1 heteroatoms. The molecular formula is C11H16O. The number of aliphatic hydroxyl groups excluding tert-OH is 1. The summed E-state index contributed by atoms with van der Waals surface area (Å²) in [6.45, 7) is 2.21. The fraction of sp³-hybridized carbons (Fsp3) is 0.636. The molecule has 0 saturated carbocycles. The Kier molecular flexibility index (Phi) is 9.03. The molecule has 0 bridgehead atoms. The standard InChI is InChI=1S/C11H16O/c1-2-3-4-5-6-7-8-9-10-11-12/h12H,2-7H2,1H3. The van der Waals surface area contributed by atoms with Crippen molar-refractivity contribution in [1.29, 1.82) is 0 Å². The van der Waals surface area contributed by atoms with Gasteiger partial charge in [-0.1, -0.05) is 38.5 Å². The lowest BCUT2D eigenvalue weighted by Gasteiger charge is -1.93. The molecule has 0 unspecified atom stereocenters. The van der Waals surface area contributed by atoms with E-state index in [1.54, 1.807) is 6.11 Å². The fourth-order valence-electron chi connectivity index (χ4n) is 0.952. The van der Waals surface area contributed by atoms with E-state index in [4.69, 9.17) is 5.11 Å². The van der Waals surface area contributed by atoms with Gasteiger partial charge in [0.05, 0.1) is 0 Å². The summed E-state index contributed by atoms with van der Waals surface area (Å²) < 4.78 is 0. The quantitative estimate of drug-likeness (QED) is 0.489. The number of rotatable bonds is 5. The zero-order valence-electron chi connectivity index (χ0n) is 7.69. The van der Waals surface area contributed by atoms with E-state index in [2.05, 4.69) is 24.7 Å². The molecule has 12 heavy (non-hydrogen) atoms. The summed E-state index contributed by atoms with van der Waals surface area (Å²) in [7, 11) is 0. The third kappa shape index (κ3) is 8.92. The molecule has 66 valence electrons. The fourth-order valence-corrected chi connectivity index (χ4v) is 0.952. The van der Waals surface area contributed by atoms with E-state index < -0.39 is 0 Å². The zero-order valence-corrected chi connectivity index (χ0v) is 7.69. The molecule has 0 aliphatic heterocycles. The molecule has 0 heterocycles. The van der Waals surface area contributed by atoms with Crippen LogP contribution in [0, 0.1) is 23.9 Å². The molecule has 0 aromatic rings. The van der Waals surface area contributed by atoms with Gasteiger partial charge in [-0.2, -0.15) is 0 Å². The summed E-state index contributed by atoms with van der Waals surface area (Å²) in [5.41, 5.74) is 0. The first-order chi connectivity index (χ1) is 5.91. The van der Waals surface area contributed by atoms with Crippen LogP contribution in [-0.2, 0) is 0 Å². The second-order valence-electron chi connectivity index (χ2n) is 2.70. The summed E-state index contributed by atoms with van der Waals surface area (Å²) in [4.78, 5) is 0. The lowest BCUT2D eigenvalue weighted by molar-refractivity contribution is 0.517. The highest BCUT2D eigenvalue weighted by atomic mass is 16.2. The third-order valence-corrected chi connectivity index (χ3v) is 1.61. The van der Waals surface area contributed by atoms with Crippen LogP contribution in [0.2, 0.25) is 0 Å². The van der Waals surface area contributed by atoms with Crippen LogP contribution in [0.15, 0.2) is 0 Å². The minimum absolute atomic E-state index is 0.901. The maximum atomic E-state index is 8.08. The van der Waals surface area contributed by atoms with E-state index in [1.807, 2.05) is 0 Å². The van der Waals surface area contributed by atoms with E-state index >= 15 is 0 Å². The van der Waals surface area contributed by atoms with E-state index in [0.29, 0.717) is 0 Å². The van der Waals surface area contributed by atoms with Crippen LogP contribution in [0.5, 0.6) is 0 Å². The highest BCUT2D eigenvalue weighted by molar-refractivity contribution is 5.23. The molecule has 0 radical (unpaired) electrons. The Balaban J connectivity index is 3.10. The zero-order chi connectivity index (χ0) is 9.07. The second-order valence-corrected chi connectivity index (χ2v) is 2.70. The predicted octanol–water partition coefficient (Wildman–Crippen LogP) is 2.68. The molecular weight excluding hydrogens is 148 g/mol. The molecule has 0 aliphatic carbocycles. The van der Waals surface area contributed by atoms with Crippen molar-refractivity contribution in [2.75, 3.05) is 0 Å². The van der Waals surface area contributed by atoms with E-state index in [0.717, 1.165) is 12.8 Å². The maximum absolute atomic E-state index is 8.08. The van der Waals surface area contributed by atoms with Crippen molar-refractivity contribution in [3.63, 3.8) is 0 Å². The SMILES string of the molecule is CCCCCCCC#CC#CO. The number of unbranched alkanes of at least 4 members (excludes halogenated alkanes) is 5. The van der Waals surface area contributed by atoms with Crippen molar-refractivity contribution in [3.05, 3.63) is 0 Å². The van der Waals surface area contributed by atoms with Crippen molar-refractivity contribution in [2.24, 2.45) is 0 Å². The van der Waals surface area contributed by atoms with E-state index in [1.165, 1.54) is 25.7 Å². The topological polar surface area (TPSA) is 20.2 Å². The molecule has 0 fully saturated rings. The Morgan fingerprint density at radius 3 is 2.42 bits per heavy atom. The summed E-state index contributed by atoms with van der Waals surface area (Å²) in [6.07, 6.45) is 8.98. The summed E-state index contributed by atoms with van der Waals surface area (Å²) >= 11 is 0. The van der Waals surface area contributed by atoms with Gasteiger partial charge in [-0.15, -0.1) is 0 Å². The number of hydrogen-bond donors (Lipinski definition) is 1. The van der Waals surface area contributed by atoms with Crippen LogP contribution >= 0.6 is 0 Å². The van der Waals surface area contributed by atoms with Crippen molar-refractivity contribution in [2.45, 2.75) is 45.4 Å². The van der Waals surface area contributed by atoms with Crippen LogP contribution < -0.4 is 0 Å². The van der Waals surface area contributed by atoms with Gasteiger partial charge in [-0.25, -0.2) is 0 Å². The minimum atomic E-state index is 0.901. The van der Waals surface area contributed by atoms with Crippen LogP contribution in [-0.4, -0.2) is 5.11 Å². The van der Waals surface area contributed by atoms with Crippen molar-refractivity contribution < 1.29 is 5.11 Å². The monoisotopic (exact) mass is 164 g/mol. The van der Waals surface area contributed by atoms with Crippen LogP contribution in [0.1, 0.15) is 45.4 Å². The molecule has 0 atom stereocenters. The molecule has 1 N–H and O–H groups in total. The van der Waals surface area contributed by atoms with Crippen LogP contribution in [0.4, 0.5) is 0 Å². The summed E-state index contributed by atoms with van der Waals surface area (Å²) in [5, 5.41) is 8.08. The Bertz CT molecular complexity index is 197. The van der Waals surface area contributed by atoms with Crippen molar-refractivity contribution >= 4 is 0 Å². The van der Waals surface area contributed by atoms with Gasteiger partial charge in [-0.3, -0.25) is 0 Å². The second kappa shape index (κ2) is 9.92. The third-order valence-electron chi connectivity index (χ3n) is 1.61. The Morgan fingerprint density at radius 1 is 1.00 bits per heavy atom. The molecule has 0 aromatic heterocycles. The molecule has 0 aromatic carbocycles. The lowest BCUT2D eigenvalue weighted by atomic mass is 10.1. The maximum Gasteiger partial charge on any atom is 0.122 e. The number of hydrogen-bond acceptors (Lipinski definition) is 1.